The molecule has 3 heterocycles. The van der Waals surface area contributed by atoms with Crippen LogP contribution in [0.25, 0.3) is 10.9 Å². The zero-order chi connectivity index (χ0) is 25.8. The Morgan fingerprint density at radius 2 is 2.05 bits per heavy atom. The molecule has 0 saturated heterocycles. The number of rotatable bonds is 8. The Bertz CT molecular complexity index is 1260. The summed E-state index contributed by atoms with van der Waals surface area (Å²) < 4.78 is 32.0. The fourth-order valence-corrected chi connectivity index (χ4v) is 5.54. The molecule has 0 N–H and O–H groups in total. The molecule has 1 fully saturated rings. The van der Waals surface area contributed by atoms with Crippen molar-refractivity contribution in [2.45, 2.75) is 51.5 Å². The summed E-state index contributed by atoms with van der Waals surface area (Å²) in [5, 5.41) is 0.836. The maximum Gasteiger partial charge on any atom is 0.296 e. The third kappa shape index (κ3) is 6.04. The molecular formula is C28H33F2N5O2. The molecule has 0 bridgehead atoms. The summed E-state index contributed by atoms with van der Waals surface area (Å²) in [5.41, 5.74) is 3.41. The summed E-state index contributed by atoms with van der Waals surface area (Å²) in [6.45, 7) is 2.04. The fraction of sp³-hybridized carbons (Fsp3) is 0.500. The molecule has 7 nitrogen and oxygen atoms in total. The first-order valence-corrected chi connectivity index (χ1v) is 13.1. The number of hydrogen-bond donors (Lipinski definition) is 0. The van der Waals surface area contributed by atoms with Gasteiger partial charge >= 0.3 is 0 Å². The van der Waals surface area contributed by atoms with Gasteiger partial charge in [0.25, 0.3) is 18.3 Å². The average Bonchev–Trinajstić information content (AvgIpc) is 3.24. The lowest BCUT2D eigenvalue weighted by Gasteiger charge is -2.30. The SMILES string of the molecule is Cn1c(OCC(F)F)nc2c1CCN(CCC1CCC(C=NC(=O)c3cccc4ncccc34)CC1)C2. The Kier molecular flexibility index (Phi) is 7.88. The first-order chi connectivity index (χ1) is 18.0. The highest BCUT2D eigenvalue weighted by molar-refractivity contribution is 6.08. The summed E-state index contributed by atoms with van der Waals surface area (Å²) in [6.07, 6.45) is 7.42. The normalized spacial score (nSPS) is 20.5. The Morgan fingerprint density at radius 1 is 1.22 bits per heavy atom. The molecule has 0 atom stereocenters. The molecule has 0 spiro atoms. The largest absolute Gasteiger partial charge is 0.459 e. The van der Waals surface area contributed by atoms with Crippen LogP contribution in [0, 0.1) is 11.8 Å². The Hall–Kier alpha value is -3.20. The van der Waals surface area contributed by atoms with E-state index in [0.717, 1.165) is 80.4 Å². The molecule has 3 aromatic rings. The topological polar surface area (TPSA) is 72.6 Å². The van der Waals surface area contributed by atoms with Crippen molar-refractivity contribution in [3.63, 3.8) is 0 Å². The second kappa shape index (κ2) is 11.5. The van der Waals surface area contributed by atoms with Gasteiger partial charge in [-0.05, 0) is 68.7 Å². The number of aliphatic imine (C=N–C) groups is 1. The summed E-state index contributed by atoms with van der Waals surface area (Å²) in [6, 6.07) is 9.59. The third-order valence-electron chi connectivity index (χ3n) is 7.66. The molecule has 37 heavy (non-hydrogen) atoms. The number of alkyl halides is 2. The van der Waals surface area contributed by atoms with Gasteiger partial charge in [-0.25, -0.2) is 13.8 Å². The number of fused-ring (bicyclic) bond motifs is 2. The number of benzene rings is 1. The van der Waals surface area contributed by atoms with Crippen LogP contribution in [0.5, 0.6) is 6.01 Å². The van der Waals surface area contributed by atoms with E-state index in [1.165, 1.54) is 0 Å². The second-order valence-corrected chi connectivity index (χ2v) is 10.1. The Morgan fingerprint density at radius 3 is 2.86 bits per heavy atom. The fourth-order valence-electron chi connectivity index (χ4n) is 5.54. The minimum atomic E-state index is -2.51. The molecule has 1 aliphatic carbocycles. The lowest BCUT2D eigenvalue weighted by atomic mass is 9.81. The van der Waals surface area contributed by atoms with Crippen molar-refractivity contribution in [3.8, 4) is 6.01 Å². The van der Waals surface area contributed by atoms with E-state index in [9.17, 15) is 13.6 Å². The first kappa shape index (κ1) is 25.4. The minimum absolute atomic E-state index is 0.206. The number of halogens is 2. The molecule has 2 aromatic heterocycles. The van der Waals surface area contributed by atoms with Crippen LogP contribution in [0.4, 0.5) is 8.78 Å². The first-order valence-electron chi connectivity index (χ1n) is 13.1. The van der Waals surface area contributed by atoms with Crippen LogP contribution < -0.4 is 4.74 Å². The number of aromatic nitrogens is 3. The number of imidazole rings is 1. The molecule has 1 aromatic carbocycles. The predicted octanol–water partition coefficient (Wildman–Crippen LogP) is 5.08. The number of pyridine rings is 1. The van der Waals surface area contributed by atoms with Crippen molar-refractivity contribution in [3.05, 3.63) is 53.5 Å². The summed E-state index contributed by atoms with van der Waals surface area (Å²) >= 11 is 0. The van der Waals surface area contributed by atoms with Crippen LogP contribution in [0.2, 0.25) is 0 Å². The van der Waals surface area contributed by atoms with Crippen LogP contribution in [0.1, 0.15) is 53.8 Å². The standard InChI is InChI=1S/C28H33F2N5O2/c1-34-25-12-15-35(17-24(25)33-28(34)37-18-26(29)30)14-11-19-7-9-20(10-8-19)16-32-27(36)22-4-2-6-23-21(22)5-3-13-31-23/h2-6,13,16,19-20,26H,7-12,14-15,17-18H2,1H3. The van der Waals surface area contributed by atoms with E-state index in [1.807, 2.05) is 43.6 Å². The Balaban J connectivity index is 1.08. The monoisotopic (exact) mass is 509 g/mol. The van der Waals surface area contributed by atoms with Crippen LogP contribution in [0.15, 0.2) is 41.5 Å². The summed E-state index contributed by atoms with van der Waals surface area (Å²) in [4.78, 5) is 28.2. The number of amides is 1. The smallest absolute Gasteiger partial charge is 0.296 e. The molecule has 5 rings (SSSR count). The maximum atomic E-state index is 12.7. The predicted molar refractivity (Wildman–Crippen MR) is 138 cm³/mol. The van der Waals surface area contributed by atoms with Crippen LogP contribution in [-0.4, -0.2) is 57.7 Å². The van der Waals surface area contributed by atoms with Crippen LogP contribution >= 0.6 is 0 Å². The van der Waals surface area contributed by atoms with Crippen LogP contribution in [0.3, 0.4) is 0 Å². The number of hydrogen-bond acceptors (Lipinski definition) is 5. The highest BCUT2D eigenvalue weighted by atomic mass is 19.3. The van der Waals surface area contributed by atoms with Gasteiger partial charge in [0.15, 0.2) is 6.61 Å². The van der Waals surface area contributed by atoms with Gasteiger partial charge in [-0.3, -0.25) is 14.7 Å². The molecule has 1 aliphatic heterocycles. The molecule has 196 valence electrons. The van der Waals surface area contributed by atoms with Crippen molar-refractivity contribution in [1.82, 2.24) is 19.4 Å². The van der Waals surface area contributed by atoms with Gasteiger partial charge < -0.3 is 9.30 Å². The van der Waals surface area contributed by atoms with Crippen molar-refractivity contribution in [2.24, 2.45) is 23.9 Å². The van der Waals surface area contributed by atoms with E-state index in [2.05, 4.69) is 19.9 Å². The van der Waals surface area contributed by atoms with Gasteiger partial charge in [0, 0.05) is 50.0 Å². The van der Waals surface area contributed by atoms with E-state index in [4.69, 9.17) is 4.74 Å². The average molecular weight is 510 g/mol. The molecule has 9 heteroatoms. The van der Waals surface area contributed by atoms with E-state index >= 15 is 0 Å². The zero-order valence-corrected chi connectivity index (χ0v) is 21.2. The number of nitrogens with zero attached hydrogens (tertiary/aromatic N) is 5. The van der Waals surface area contributed by atoms with Gasteiger partial charge in [0.1, 0.15) is 0 Å². The summed E-state index contributed by atoms with van der Waals surface area (Å²) in [5.74, 6) is 0.799. The summed E-state index contributed by atoms with van der Waals surface area (Å²) in [7, 11) is 1.83. The van der Waals surface area contributed by atoms with E-state index in [-0.39, 0.29) is 11.9 Å². The Labute approximate surface area is 215 Å². The van der Waals surface area contributed by atoms with E-state index in [1.54, 1.807) is 10.8 Å². The second-order valence-electron chi connectivity index (χ2n) is 10.1. The lowest BCUT2D eigenvalue weighted by molar-refractivity contribution is 0.0754. The highest BCUT2D eigenvalue weighted by Crippen LogP contribution is 2.31. The van der Waals surface area contributed by atoms with Crippen LogP contribution in [-0.2, 0) is 20.0 Å². The van der Waals surface area contributed by atoms with Gasteiger partial charge in [0.2, 0.25) is 0 Å². The maximum absolute atomic E-state index is 12.7. The molecule has 1 saturated carbocycles. The van der Waals surface area contributed by atoms with Crippen molar-refractivity contribution < 1.29 is 18.3 Å². The van der Waals surface area contributed by atoms with Gasteiger partial charge in [-0.15, -0.1) is 0 Å². The van der Waals surface area contributed by atoms with E-state index in [0.29, 0.717) is 17.4 Å². The lowest BCUT2D eigenvalue weighted by Crippen LogP contribution is -2.33. The molecule has 0 unspecified atom stereocenters. The van der Waals surface area contributed by atoms with Crippen molar-refractivity contribution in [1.29, 1.82) is 0 Å². The third-order valence-corrected chi connectivity index (χ3v) is 7.66. The minimum Gasteiger partial charge on any atom is -0.459 e. The van der Waals surface area contributed by atoms with Gasteiger partial charge in [0.05, 0.1) is 16.8 Å². The quantitative estimate of drug-likeness (QED) is 0.396. The molecule has 0 radical (unpaired) electrons. The van der Waals surface area contributed by atoms with Crippen molar-refractivity contribution >= 4 is 23.0 Å². The van der Waals surface area contributed by atoms with Gasteiger partial charge in [-0.2, -0.15) is 4.98 Å². The van der Waals surface area contributed by atoms with Crippen molar-refractivity contribution in [2.75, 3.05) is 19.7 Å². The number of carbonyl (C=O) groups excluding carboxylic acids is 1. The zero-order valence-electron chi connectivity index (χ0n) is 21.2. The van der Waals surface area contributed by atoms with E-state index < -0.39 is 13.0 Å². The highest BCUT2D eigenvalue weighted by Gasteiger charge is 2.26. The molecule has 2 aliphatic rings. The molecule has 1 amide bonds. The number of ether oxygens (including phenoxy) is 1. The van der Waals surface area contributed by atoms with Gasteiger partial charge in [-0.1, -0.05) is 12.1 Å². The molecular weight excluding hydrogens is 476 g/mol. The number of carbonyl (C=O) groups is 1.